The molecule has 0 aliphatic heterocycles. The second kappa shape index (κ2) is 4.42. The Balaban J connectivity index is 4.26. The number of hydrogen-bond donors (Lipinski definition) is 1. The Morgan fingerprint density at radius 3 is 2.64 bits per heavy atom. The predicted molar refractivity (Wildman–Crippen MR) is 37.3 cm³/mol. The van der Waals surface area contributed by atoms with Crippen molar-refractivity contribution in [3.63, 3.8) is 0 Å². The number of hydrogen-bond acceptors (Lipinski definition) is 5. The Morgan fingerprint density at radius 1 is 1.73 bits per heavy atom. The molecule has 1 N–H and O–H groups in total. The third-order valence-electron chi connectivity index (χ3n) is 0.655. The normalized spacial score (nSPS) is 14.2. The smallest absolute Gasteiger partial charge is 0.307 e. The van der Waals surface area contributed by atoms with Gasteiger partial charge in [0.15, 0.2) is 0 Å². The fourth-order valence-corrected chi connectivity index (χ4v) is 1.19. The standard InChI is InChI=1S/C4H5O5PS/c1-2-3-9-11(7,8)4(5)10-6/h1,4-5H,3H2. The molecule has 0 bridgehead atoms. The van der Waals surface area contributed by atoms with Crippen molar-refractivity contribution in [3.05, 3.63) is 0 Å². The fourth-order valence-electron chi connectivity index (χ4n) is 0.230. The first-order valence-electron chi connectivity index (χ1n) is 2.37. The van der Waals surface area contributed by atoms with E-state index >= 15 is 0 Å². The van der Waals surface area contributed by atoms with Crippen LogP contribution in [-0.2, 0) is 18.9 Å². The zero-order valence-electron chi connectivity index (χ0n) is 5.30. The lowest BCUT2D eigenvalue weighted by Crippen LogP contribution is -2.17. The van der Waals surface area contributed by atoms with Crippen LogP contribution in [0.25, 0.3) is 0 Å². The van der Waals surface area contributed by atoms with E-state index in [-0.39, 0.29) is 0 Å². The summed E-state index contributed by atoms with van der Waals surface area (Å²) in [4.78, 5) is 0. The van der Waals surface area contributed by atoms with Crippen molar-refractivity contribution in [2.75, 3.05) is 6.61 Å². The first kappa shape index (κ1) is 10.5. The molecular weight excluding hydrogens is 191 g/mol. The van der Waals surface area contributed by atoms with E-state index in [1.165, 1.54) is 0 Å². The van der Waals surface area contributed by atoms with Crippen molar-refractivity contribution in [2.45, 2.75) is 5.18 Å². The van der Waals surface area contributed by atoms with Gasteiger partial charge >= 0.3 is 10.1 Å². The van der Waals surface area contributed by atoms with E-state index < -0.39 is 30.4 Å². The van der Waals surface area contributed by atoms with Crippen molar-refractivity contribution >= 4 is 18.6 Å². The third-order valence-corrected chi connectivity index (χ3v) is 2.83. The van der Waals surface area contributed by atoms with E-state index in [4.69, 9.17) is 5.11 Å². The summed E-state index contributed by atoms with van der Waals surface area (Å²) in [6.45, 7) is -0.477. The molecule has 0 saturated carbocycles. The van der Waals surface area contributed by atoms with Gasteiger partial charge in [-0.05, 0) is 0 Å². The molecule has 5 nitrogen and oxygen atoms in total. The van der Waals surface area contributed by atoms with Crippen LogP contribution in [0.2, 0.25) is 0 Å². The van der Waals surface area contributed by atoms with Crippen LogP contribution in [0.1, 0.15) is 0 Å². The largest absolute Gasteiger partial charge is 0.366 e. The molecule has 0 aliphatic carbocycles. The summed E-state index contributed by atoms with van der Waals surface area (Å²) in [5, 5.41) is 6.45. The Hall–Kier alpha value is -0.470. The van der Waals surface area contributed by atoms with Crippen LogP contribution in [0.5, 0.6) is 0 Å². The quantitative estimate of drug-likeness (QED) is 0.373. The summed E-state index contributed by atoms with van der Waals surface area (Å²) in [5.74, 6) is 1.89. The molecule has 1 unspecified atom stereocenters. The van der Waals surface area contributed by atoms with Crippen LogP contribution in [0.15, 0.2) is 0 Å². The minimum Gasteiger partial charge on any atom is -0.366 e. The molecule has 11 heavy (non-hydrogen) atoms. The SMILES string of the molecule is C#CCOS(=O)(=O)C(O)P=O. The van der Waals surface area contributed by atoms with Crippen molar-refractivity contribution in [3.8, 4) is 12.3 Å². The van der Waals surface area contributed by atoms with Gasteiger partial charge in [0, 0.05) is 0 Å². The van der Waals surface area contributed by atoms with Crippen LogP contribution < -0.4 is 0 Å². The van der Waals surface area contributed by atoms with Crippen LogP contribution in [0.3, 0.4) is 0 Å². The molecule has 0 aromatic rings. The molecule has 0 aromatic carbocycles. The average molecular weight is 196 g/mol. The van der Waals surface area contributed by atoms with Gasteiger partial charge in [0.05, 0.1) is 0 Å². The van der Waals surface area contributed by atoms with Crippen LogP contribution in [0, 0.1) is 12.3 Å². The molecule has 0 radical (unpaired) electrons. The Kier molecular flexibility index (Phi) is 4.23. The maximum Gasteiger partial charge on any atom is 0.307 e. The number of aliphatic hydroxyl groups is 1. The van der Waals surface area contributed by atoms with Crippen LogP contribution in [-0.4, -0.2) is 25.3 Å². The lowest BCUT2D eigenvalue weighted by atomic mass is 10.8. The average Bonchev–Trinajstić information content (AvgIpc) is 1.99. The van der Waals surface area contributed by atoms with E-state index in [0.717, 1.165) is 0 Å². The van der Waals surface area contributed by atoms with E-state index in [1.54, 1.807) is 0 Å². The molecule has 0 spiro atoms. The van der Waals surface area contributed by atoms with Gasteiger partial charge in [-0.3, -0.25) is 8.75 Å². The third kappa shape index (κ3) is 3.44. The lowest BCUT2D eigenvalue weighted by molar-refractivity contribution is 0.277. The predicted octanol–water partition coefficient (Wildman–Crippen LogP) is -0.466. The summed E-state index contributed by atoms with van der Waals surface area (Å²) in [7, 11) is -5.12. The van der Waals surface area contributed by atoms with Crippen molar-refractivity contribution < 1.29 is 22.3 Å². The van der Waals surface area contributed by atoms with Crippen molar-refractivity contribution in [1.29, 1.82) is 0 Å². The Morgan fingerprint density at radius 2 is 2.27 bits per heavy atom. The summed E-state index contributed by atoms with van der Waals surface area (Å²) in [6.07, 6.45) is 4.68. The number of rotatable bonds is 4. The van der Waals surface area contributed by atoms with Gasteiger partial charge in [-0.2, -0.15) is 8.42 Å². The molecule has 0 heterocycles. The number of terminal acetylenes is 1. The minimum absolute atomic E-state index is 0.477. The molecular formula is C4H5O5PS. The van der Waals surface area contributed by atoms with E-state index in [1.807, 2.05) is 5.92 Å². The summed E-state index contributed by atoms with van der Waals surface area (Å²) in [5.41, 5.74) is 0. The van der Waals surface area contributed by atoms with Gasteiger partial charge in [0.2, 0.25) is 8.46 Å². The van der Waals surface area contributed by atoms with E-state index in [2.05, 4.69) is 10.6 Å². The highest BCUT2D eigenvalue weighted by Crippen LogP contribution is 2.11. The molecule has 62 valence electrons. The minimum atomic E-state index is -4.18. The molecule has 0 amide bonds. The second-order valence-corrected chi connectivity index (χ2v) is 4.11. The van der Waals surface area contributed by atoms with Gasteiger partial charge in [-0.1, -0.05) is 5.92 Å². The monoisotopic (exact) mass is 196 g/mol. The molecule has 0 fully saturated rings. The fraction of sp³-hybridized carbons (Fsp3) is 0.500. The highest BCUT2D eigenvalue weighted by Gasteiger charge is 2.23. The van der Waals surface area contributed by atoms with Crippen LogP contribution in [0.4, 0.5) is 0 Å². The van der Waals surface area contributed by atoms with Gasteiger partial charge in [-0.25, -0.2) is 0 Å². The van der Waals surface area contributed by atoms with Crippen molar-refractivity contribution in [2.24, 2.45) is 0 Å². The topological polar surface area (TPSA) is 80.7 Å². The molecule has 1 atom stereocenters. The van der Waals surface area contributed by atoms with Gasteiger partial charge < -0.3 is 5.11 Å². The number of aliphatic hydroxyl groups excluding tert-OH is 1. The van der Waals surface area contributed by atoms with E-state index in [9.17, 15) is 13.0 Å². The summed E-state index contributed by atoms with van der Waals surface area (Å²) >= 11 is 0. The molecule has 0 aromatic heterocycles. The first-order valence-corrected chi connectivity index (χ1v) is 4.72. The highest BCUT2D eigenvalue weighted by atomic mass is 32.2. The van der Waals surface area contributed by atoms with Gasteiger partial charge in [-0.15, -0.1) is 6.42 Å². The Labute approximate surface area is 65.7 Å². The molecule has 0 rings (SSSR count). The first-order chi connectivity index (χ1) is 5.04. The van der Waals surface area contributed by atoms with Gasteiger partial charge in [0.1, 0.15) is 6.61 Å². The lowest BCUT2D eigenvalue weighted by Gasteiger charge is -2.01. The molecule has 7 heteroatoms. The zero-order chi connectivity index (χ0) is 8.91. The van der Waals surface area contributed by atoms with Crippen molar-refractivity contribution in [1.82, 2.24) is 0 Å². The maximum absolute atomic E-state index is 10.5. The molecule has 0 saturated heterocycles. The highest BCUT2D eigenvalue weighted by molar-refractivity contribution is 7.91. The second-order valence-electron chi connectivity index (χ2n) is 1.39. The van der Waals surface area contributed by atoms with Crippen LogP contribution >= 0.6 is 8.46 Å². The Bertz CT molecular complexity index is 263. The van der Waals surface area contributed by atoms with Gasteiger partial charge in [0.25, 0.3) is 5.18 Å². The van der Waals surface area contributed by atoms with E-state index in [0.29, 0.717) is 0 Å². The maximum atomic E-state index is 10.5. The molecule has 0 aliphatic rings. The zero-order valence-corrected chi connectivity index (χ0v) is 7.01. The summed E-state index contributed by atoms with van der Waals surface area (Å²) < 4.78 is 35.0. The summed E-state index contributed by atoms with van der Waals surface area (Å²) in [6, 6.07) is 0.